The monoisotopic (exact) mass is 287 g/mol. The first-order valence-electron chi connectivity index (χ1n) is 5.84. The Kier molecular flexibility index (Phi) is 4.98. The Bertz CT molecular complexity index is 487. The lowest BCUT2D eigenvalue weighted by molar-refractivity contribution is 0.251. The van der Waals surface area contributed by atoms with Crippen molar-refractivity contribution in [2.45, 2.75) is 31.0 Å². The van der Waals surface area contributed by atoms with E-state index < -0.39 is 5.76 Å². The number of nitrogens with one attached hydrogen (secondary N) is 2. The van der Waals surface area contributed by atoms with Gasteiger partial charge in [-0.05, 0) is 19.1 Å². The number of aromatic nitrogens is 2. The van der Waals surface area contributed by atoms with Gasteiger partial charge in [0.25, 0.3) is 5.76 Å². The van der Waals surface area contributed by atoms with E-state index in [1.807, 2.05) is 13.1 Å². The third-order valence-electron chi connectivity index (χ3n) is 2.67. The number of hydrogen-bond donors (Lipinski definition) is 2. The summed E-state index contributed by atoms with van der Waals surface area (Å²) in [6, 6.07) is 3.67. The molecule has 0 aliphatic carbocycles. The van der Waals surface area contributed by atoms with Gasteiger partial charge in [-0.25, -0.2) is 0 Å². The van der Waals surface area contributed by atoms with E-state index in [0.717, 1.165) is 11.3 Å². The van der Waals surface area contributed by atoms with Gasteiger partial charge in [0, 0.05) is 17.8 Å². The number of hydrogen-bond acceptors (Lipinski definition) is 4. The molecule has 104 valence electrons. The fourth-order valence-electron chi connectivity index (χ4n) is 1.61. The topological polar surface area (TPSA) is 53.9 Å². The average molecular weight is 287 g/mol. The second-order valence-corrected chi connectivity index (χ2v) is 5.05. The van der Waals surface area contributed by atoms with Crippen LogP contribution in [0.2, 0.25) is 0 Å². The molecule has 0 radical (unpaired) electrons. The maximum atomic E-state index is 12.0. The van der Waals surface area contributed by atoms with E-state index in [-0.39, 0.29) is 11.8 Å². The Hall–Kier alpha value is -1.34. The molecule has 0 fully saturated rings. The minimum absolute atomic E-state index is 0.141. The molecule has 0 aliphatic heterocycles. The van der Waals surface area contributed by atoms with Crippen LogP contribution in [0.1, 0.15) is 30.0 Å². The Morgan fingerprint density at radius 1 is 1.42 bits per heavy atom. The van der Waals surface area contributed by atoms with Crippen molar-refractivity contribution in [1.29, 1.82) is 0 Å². The van der Waals surface area contributed by atoms with Gasteiger partial charge < -0.3 is 9.73 Å². The molecule has 2 aromatic heterocycles. The fourth-order valence-corrected chi connectivity index (χ4v) is 2.05. The summed E-state index contributed by atoms with van der Waals surface area (Å²) < 4.78 is 29.5. The Morgan fingerprint density at radius 3 is 2.89 bits per heavy atom. The zero-order valence-corrected chi connectivity index (χ0v) is 11.2. The lowest BCUT2D eigenvalue weighted by Gasteiger charge is -2.10. The van der Waals surface area contributed by atoms with Crippen molar-refractivity contribution in [3.05, 3.63) is 41.6 Å². The van der Waals surface area contributed by atoms with Crippen LogP contribution in [0.15, 0.2) is 28.9 Å². The molecule has 0 saturated carbocycles. The summed E-state index contributed by atoms with van der Waals surface area (Å²) in [4.78, 5) is 0. The number of rotatable bonds is 7. The highest BCUT2D eigenvalue weighted by Crippen LogP contribution is 2.21. The number of thioether (sulfide) groups is 1. The normalized spacial score (nSPS) is 13.1. The van der Waals surface area contributed by atoms with Gasteiger partial charge in [0.1, 0.15) is 11.5 Å². The summed E-state index contributed by atoms with van der Waals surface area (Å²) >= 11 is 0.560. The highest BCUT2D eigenvalue weighted by atomic mass is 32.2. The SMILES string of the molecule is CC(NCc1ccc(CSC(F)F)o1)c1cn[nH]c1. The van der Waals surface area contributed by atoms with Gasteiger partial charge in [-0.3, -0.25) is 5.10 Å². The van der Waals surface area contributed by atoms with Gasteiger partial charge in [0.05, 0.1) is 18.5 Å². The zero-order chi connectivity index (χ0) is 13.7. The van der Waals surface area contributed by atoms with E-state index in [4.69, 9.17) is 4.42 Å². The van der Waals surface area contributed by atoms with Crippen molar-refractivity contribution in [2.75, 3.05) is 0 Å². The van der Waals surface area contributed by atoms with Crippen LogP contribution in [0.5, 0.6) is 0 Å². The quantitative estimate of drug-likeness (QED) is 0.820. The maximum Gasteiger partial charge on any atom is 0.284 e. The van der Waals surface area contributed by atoms with Crippen molar-refractivity contribution in [3.8, 4) is 0 Å². The van der Waals surface area contributed by atoms with Gasteiger partial charge in [-0.15, -0.1) is 0 Å². The van der Waals surface area contributed by atoms with Crippen molar-refractivity contribution in [3.63, 3.8) is 0 Å². The number of alkyl halides is 2. The van der Waals surface area contributed by atoms with E-state index in [1.165, 1.54) is 0 Å². The molecule has 4 nitrogen and oxygen atoms in total. The zero-order valence-electron chi connectivity index (χ0n) is 10.4. The summed E-state index contributed by atoms with van der Waals surface area (Å²) in [5.74, 6) is -0.874. The molecule has 0 saturated heterocycles. The lowest BCUT2D eigenvalue weighted by Crippen LogP contribution is -2.17. The third kappa shape index (κ3) is 4.36. The van der Waals surface area contributed by atoms with Crippen LogP contribution in [0, 0.1) is 0 Å². The first-order chi connectivity index (χ1) is 9.15. The maximum absolute atomic E-state index is 12.0. The van der Waals surface area contributed by atoms with Crippen LogP contribution in [0.3, 0.4) is 0 Å². The Labute approximate surface area is 114 Å². The molecule has 0 aliphatic rings. The van der Waals surface area contributed by atoms with Gasteiger partial charge in [0.15, 0.2) is 0 Å². The summed E-state index contributed by atoms with van der Waals surface area (Å²) in [6.45, 7) is 2.56. The van der Waals surface area contributed by atoms with E-state index in [1.54, 1.807) is 18.3 Å². The van der Waals surface area contributed by atoms with Crippen molar-refractivity contribution >= 4 is 11.8 Å². The summed E-state index contributed by atoms with van der Waals surface area (Å²) in [6.07, 6.45) is 3.58. The predicted molar refractivity (Wildman–Crippen MR) is 69.8 cm³/mol. The van der Waals surface area contributed by atoms with Crippen LogP contribution in [0.25, 0.3) is 0 Å². The number of H-pyrrole nitrogens is 1. The molecule has 2 heterocycles. The molecule has 2 rings (SSSR count). The van der Waals surface area contributed by atoms with Crippen molar-refractivity contribution in [1.82, 2.24) is 15.5 Å². The van der Waals surface area contributed by atoms with Crippen LogP contribution >= 0.6 is 11.8 Å². The highest BCUT2D eigenvalue weighted by Gasteiger charge is 2.09. The molecule has 0 spiro atoms. The second kappa shape index (κ2) is 6.72. The molecule has 0 bridgehead atoms. The average Bonchev–Trinajstić information content (AvgIpc) is 3.04. The van der Waals surface area contributed by atoms with E-state index in [2.05, 4.69) is 15.5 Å². The molecule has 2 aromatic rings. The number of nitrogens with zero attached hydrogens (tertiary/aromatic N) is 1. The van der Waals surface area contributed by atoms with Gasteiger partial charge in [-0.1, -0.05) is 11.8 Å². The van der Waals surface area contributed by atoms with Gasteiger partial charge in [0.2, 0.25) is 0 Å². The molecule has 0 amide bonds. The molecular weight excluding hydrogens is 272 g/mol. The first-order valence-corrected chi connectivity index (χ1v) is 6.89. The minimum Gasteiger partial charge on any atom is -0.464 e. The number of halogens is 2. The lowest BCUT2D eigenvalue weighted by atomic mass is 10.2. The number of furan rings is 1. The highest BCUT2D eigenvalue weighted by molar-refractivity contribution is 7.98. The van der Waals surface area contributed by atoms with Crippen molar-refractivity contribution < 1.29 is 13.2 Å². The standard InChI is InChI=1S/C12H15F2N3OS/c1-8(9-4-16-17-5-9)15-6-10-2-3-11(18-10)7-19-12(13)14/h2-5,8,12,15H,6-7H2,1H3,(H,16,17). The Balaban J connectivity index is 1.80. The van der Waals surface area contributed by atoms with E-state index >= 15 is 0 Å². The largest absolute Gasteiger partial charge is 0.464 e. The summed E-state index contributed by atoms with van der Waals surface area (Å²) in [5, 5.41) is 9.90. The van der Waals surface area contributed by atoms with Gasteiger partial charge >= 0.3 is 0 Å². The van der Waals surface area contributed by atoms with Crippen LogP contribution in [-0.2, 0) is 12.3 Å². The van der Waals surface area contributed by atoms with E-state index in [9.17, 15) is 8.78 Å². The minimum atomic E-state index is -2.37. The fraction of sp³-hybridized carbons (Fsp3) is 0.417. The van der Waals surface area contributed by atoms with E-state index in [0.29, 0.717) is 24.1 Å². The smallest absolute Gasteiger partial charge is 0.284 e. The molecular formula is C12H15F2N3OS. The predicted octanol–water partition coefficient (Wildman–Crippen LogP) is 3.31. The van der Waals surface area contributed by atoms with Crippen LogP contribution in [-0.4, -0.2) is 16.0 Å². The van der Waals surface area contributed by atoms with Gasteiger partial charge in [-0.2, -0.15) is 13.9 Å². The molecule has 0 aromatic carbocycles. The molecule has 1 atom stereocenters. The first kappa shape index (κ1) is 14.1. The molecule has 7 heteroatoms. The molecule has 1 unspecified atom stereocenters. The summed E-state index contributed by atoms with van der Waals surface area (Å²) in [7, 11) is 0. The second-order valence-electron chi connectivity index (χ2n) is 4.07. The van der Waals surface area contributed by atoms with Crippen molar-refractivity contribution in [2.24, 2.45) is 0 Å². The number of aromatic amines is 1. The third-order valence-corrected chi connectivity index (χ3v) is 3.37. The Morgan fingerprint density at radius 2 is 2.21 bits per heavy atom. The summed E-state index contributed by atoms with van der Waals surface area (Å²) in [5.41, 5.74) is 1.06. The molecule has 19 heavy (non-hydrogen) atoms. The van der Waals surface area contributed by atoms with Crippen LogP contribution < -0.4 is 5.32 Å². The molecule has 2 N–H and O–H groups in total. The van der Waals surface area contributed by atoms with Crippen LogP contribution in [0.4, 0.5) is 8.78 Å².